The third kappa shape index (κ3) is 5.10. The van der Waals surface area contributed by atoms with Crippen LogP contribution in [0.25, 0.3) is 0 Å². The van der Waals surface area contributed by atoms with Crippen molar-refractivity contribution in [3.8, 4) is 5.75 Å². The molecule has 2 aromatic carbocycles. The summed E-state index contributed by atoms with van der Waals surface area (Å²) in [6.45, 7) is -0.821. The highest BCUT2D eigenvalue weighted by Crippen LogP contribution is 2.44. The summed E-state index contributed by atoms with van der Waals surface area (Å²) in [5.41, 5.74) is 0.376. The lowest BCUT2D eigenvalue weighted by Gasteiger charge is -2.21. The van der Waals surface area contributed by atoms with Crippen LogP contribution >= 0.6 is 0 Å². The Morgan fingerprint density at radius 3 is 2.48 bits per heavy atom. The van der Waals surface area contributed by atoms with Crippen molar-refractivity contribution >= 4 is 11.9 Å². The van der Waals surface area contributed by atoms with Gasteiger partial charge in [0, 0.05) is 18.3 Å². The number of alkyl halides is 2. The monoisotopic (exact) mass is 428 g/mol. The van der Waals surface area contributed by atoms with E-state index in [-0.39, 0.29) is 24.7 Å². The maximum absolute atomic E-state index is 14.4. The molecule has 1 aliphatic carbocycles. The first-order valence-electron chi connectivity index (χ1n) is 10.1. The molecule has 4 atom stereocenters. The molecular weight excluding hydrogens is 406 g/mol. The summed E-state index contributed by atoms with van der Waals surface area (Å²) < 4.78 is 44.9. The number of esters is 2. The van der Waals surface area contributed by atoms with Crippen molar-refractivity contribution in [3.05, 3.63) is 78.4 Å². The lowest BCUT2D eigenvalue weighted by molar-refractivity contribution is -0.141. The molecule has 4 rings (SSSR count). The fourth-order valence-corrected chi connectivity index (χ4v) is 4.07. The fourth-order valence-electron chi connectivity index (χ4n) is 4.07. The van der Waals surface area contributed by atoms with Crippen LogP contribution in [0.3, 0.4) is 0 Å². The molecule has 0 unspecified atom stereocenters. The number of rotatable bonds is 7. The fraction of sp³-hybridized carbons (Fsp3) is 0.333. The lowest BCUT2D eigenvalue weighted by Crippen LogP contribution is -2.27. The first kappa shape index (κ1) is 21.0. The average molecular weight is 428 g/mol. The summed E-state index contributed by atoms with van der Waals surface area (Å²) >= 11 is 0. The van der Waals surface area contributed by atoms with Gasteiger partial charge in [0.25, 0.3) is 5.92 Å². The number of fused-ring (bicyclic) bond motifs is 1. The van der Waals surface area contributed by atoms with Gasteiger partial charge in [-0.3, -0.25) is 4.79 Å². The molecule has 1 saturated carbocycles. The Balaban J connectivity index is 1.45. The number of para-hydroxylation sites is 1. The molecule has 2 fully saturated rings. The van der Waals surface area contributed by atoms with Crippen LogP contribution in [-0.4, -0.2) is 36.7 Å². The topological polar surface area (TPSA) is 61.8 Å². The number of hydrogen-bond acceptors (Lipinski definition) is 5. The summed E-state index contributed by atoms with van der Waals surface area (Å²) in [4.78, 5) is 24.2. The van der Waals surface area contributed by atoms with E-state index in [1.54, 1.807) is 60.7 Å². The van der Waals surface area contributed by atoms with Crippen LogP contribution in [0.15, 0.2) is 72.8 Å². The minimum atomic E-state index is -3.23. The number of ether oxygens (including phenoxy) is 3. The maximum Gasteiger partial charge on any atom is 0.338 e. The lowest BCUT2D eigenvalue weighted by atomic mass is 9.91. The largest absolute Gasteiger partial charge is 0.487 e. The van der Waals surface area contributed by atoms with Crippen LogP contribution in [0.2, 0.25) is 0 Å². The van der Waals surface area contributed by atoms with Gasteiger partial charge >= 0.3 is 11.9 Å². The maximum atomic E-state index is 14.4. The number of benzene rings is 2. The van der Waals surface area contributed by atoms with Crippen molar-refractivity contribution in [2.45, 2.75) is 31.0 Å². The molecular formula is C24H22F2O5. The van der Waals surface area contributed by atoms with Gasteiger partial charge in [-0.2, -0.15) is 8.78 Å². The Labute approximate surface area is 178 Å². The highest BCUT2D eigenvalue weighted by atomic mass is 19.3. The first-order chi connectivity index (χ1) is 14.9. The number of carbonyl (C=O) groups excluding carboxylic acids is 2. The molecule has 0 amide bonds. The summed E-state index contributed by atoms with van der Waals surface area (Å²) in [5, 5.41) is 0. The highest BCUT2D eigenvalue weighted by molar-refractivity contribution is 5.89. The molecule has 7 heteroatoms. The van der Waals surface area contributed by atoms with Crippen molar-refractivity contribution in [3.63, 3.8) is 0 Å². The quantitative estimate of drug-likeness (QED) is 0.482. The van der Waals surface area contributed by atoms with Crippen LogP contribution < -0.4 is 4.74 Å². The number of hydrogen-bond donors (Lipinski definition) is 0. The van der Waals surface area contributed by atoms with Crippen LogP contribution in [0, 0.1) is 11.8 Å². The molecule has 2 aromatic rings. The minimum absolute atomic E-state index is 0.116. The van der Waals surface area contributed by atoms with Gasteiger partial charge in [0.2, 0.25) is 0 Å². The van der Waals surface area contributed by atoms with E-state index in [1.165, 1.54) is 6.08 Å². The Bertz CT molecular complexity index is 945. The summed E-state index contributed by atoms with van der Waals surface area (Å²) in [7, 11) is 0. The predicted octanol–water partition coefficient (Wildman–Crippen LogP) is 4.43. The first-order valence-corrected chi connectivity index (χ1v) is 10.1. The van der Waals surface area contributed by atoms with Gasteiger partial charge < -0.3 is 14.2 Å². The van der Waals surface area contributed by atoms with Crippen molar-refractivity contribution in [1.29, 1.82) is 0 Å². The molecule has 0 aromatic heterocycles. The molecule has 0 spiro atoms. The van der Waals surface area contributed by atoms with Crippen LogP contribution in [0.1, 0.15) is 23.2 Å². The smallest absolute Gasteiger partial charge is 0.338 e. The Kier molecular flexibility index (Phi) is 6.02. The van der Waals surface area contributed by atoms with Gasteiger partial charge in [0.05, 0.1) is 12.0 Å². The zero-order valence-corrected chi connectivity index (χ0v) is 16.7. The highest BCUT2D eigenvalue weighted by Gasteiger charge is 2.51. The SMILES string of the molecule is O=C1C[C@@H]2[C@@H](/C=C\C(F)(F)COc3ccccc3)[C@H](OC(=O)c3ccccc3)C[C@@H]2O1. The third-order valence-corrected chi connectivity index (χ3v) is 5.56. The average Bonchev–Trinajstić information content (AvgIpc) is 3.27. The summed E-state index contributed by atoms with van der Waals surface area (Å²) in [6, 6.07) is 16.8. The predicted molar refractivity (Wildman–Crippen MR) is 108 cm³/mol. The molecule has 1 aliphatic heterocycles. The van der Waals surface area contributed by atoms with Gasteiger partial charge in [-0.1, -0.05) is 42.5 Å². The zero-order chi connectivity index (χ0) is 21.8. The van der Waals surface area contributed by atoms with Crippen LogP contribution in [0.5, 0.6) is 5.75 Å². The molecule has 5 nitrogen and oxygen atoms in total. The van der Waals surface area contributed by atoms with Crippen LogP contribution in [0.4, 0.5) is 8.78 Å². The normalized spacial score (nSPS) is 25.3. The Morgan fingerprint density at radius 1 is 1.10 bits per heavy atom. The van der Waals surface area contributed by atoms with Crippen molar-refractivity contribution in [2.75, 3.05) is 6.61 Å². The van der Waals surface area contributed by atoms with Gasteiger partial charge in [0.1, 0.15) is 18.0 Å². The molecule has 0 radical (unpaired) electrons. The number of halogens is 2. The van der Waals surface area contributed by atoms with Gasteiger partial charge in [-0.25, -0.2) is 4.79 Å². The van der Waals surface area contributed by atoms with E-state index < -0.39 is 36.6 Å². The second kappa shape index (κ2) is 8.88. The van der Waals surface area contributed by atoms with E-state index >= 15 is 0 Å². The molecule has 2 aliphatic rings. The summed E-state index contributed by atoms with van der Waals surface area (Å²) in [5.74, 6) is -4.63. The standard InChI is InChI=1S/C24H22F2O5/c25-24(26,15-29-17-9-5-2-6-10-17)12-11-18-19-13-22(27)30-21(19)14-20(18)31-23(28)16-7-3-1-4-8-16/h1-12,18-21H,13-15H2/b12-11-/t18-,19-,20-,21+/m1/s1. The van der Waals surface area contributed by atoms with Gasteiger partial charge in [-0.05, 0) is 30.3 Å². The number of carbonyl (C=O) groups is 2. The molecule has 162 valence electrons. The molecule has 1 heterocycles. The molecule has 31 heavy (non-hydrogen) atoms. The Morgan fingerprint density at radius 2 is 1.77 bits per heavy atom. The minimum Gasteiger partial charge on any atom is -0.487 e. The molecule has 0 N–H and O–H groups in total. The van der Waals surface area contributed by atoms with E-state index in [0.29, 0.717) is 11.3 Å². The summed E-state index contributed by atoms with van der Waals surface area (Å²) in [6.07, 6.45) is 1.42. The zero-order valence-electron chi connectivity index (χ0n) is 16.7. The van der Waals surface area contributed by atoms with Crippen molar-refractivity contribution in [1.82, 2.24) is 0 Å². The van der Waals surface area contributed by atoms with Gasteiger partial charge in [0.15, 0.2) is 6.61 Å². The molecule has 0 bridgehead atoms. The van der Waals surface area contributed by atoms with Crippen molar-refractivity contribution in [2.24, 2.45) is 11.8 Å². The Hall–Kier alpha value is -3.22. The van der Waals surface area contributed by atoms with Crippen LogP contribution in [-0.2, 0) is 14.3 Å². The van der Waals surface area contributed by atoms with E-state index in [2.05, 4.69) is 0 Å². The van der Waals surface area contributed by atoms with E-state index in [4.69, 9.17) is 14.2 Å². The second-order valence-electron chi connectivity index (χ2n) is 7.74. The van der Waals surface area contributed by atoms with E-state index in [1.807, 2.05) is 0 Å². The second-order valence-corrected chi connectivity index (χ2v) is 7.74. The van der Waals surface area contributed by atoms with Crippen molar-refractivity contribution < 1.29 is 32.6 Å². The van der Waals surface area contributed by atoms with E-state index in [0.717, 1.165) is 6.08 Å². The van der Waals surface area contributed by atoms with Gasteiger partial charge in [-0.15, -0.1) is 0 Å². The molecule has 1 saturated heterocycles. The third-order valence-electron chi connectivity index (χ3n) is 5.56. The van der Waals surface area contributed by atoms with E-state index in [9.17, 15) is 18.4 Å².